The third-order valence-corrected chi connectivity index (χ3v) is 7.24. The maximum atomic E-state index is 13.5. The highest BCUT2D eigenvalue weighted by Crippen LogP contribution is 2.31. The van der Waals surface area contributed by atoms with Crippen LogP contribution in [0.5, 0.6) is 17.2 Å². The first-order chi connectivity index (χ1) is 23.4. The number of anilines is 1. The average molecular weight is 639 g/mol. The first kappa shape index (κ1) is 33.0. The molecular weight excluding hydrogens is 604 g/mol. The van der Waals surface area contributed by atoms with E-state index in [0.717, 1.165) is 5.56 Å². The van der Waals surface area contributed by atoms with E-state index in [9.17, 15) is 14.4 Å². The molecule has 0 aromatic heterocycles. The minimum Gasteiger partial charge on any atom is -0.493 e. The molecule has 5 rings (SSSR count). The van der Waals surface area contributed by atoms with Gasteiger partial charge in [-0.25, -0.2) is 0 Å². The maximum Gasteiger partial charge on any atom is 0.272 e. The number of hydrogen-bond acceptors (Lipinski definition) is 6. The van der Waals surface area contributed by atoms with Gasteiger partial charge in [0.2, 0.25) is 0 Å². The van der Waals surface area contributed by atoms with E-state index >= 15 is 0 Å². The van der Waals surface area contributed by atoms with Gasteiger partial charge in [-0.05, 0) is 84.0 Å². The van der Waals surface area contributed by atoms with E-state index in [2.05, 4.69) is 10.6 Å². The molecule has 8 heteroatoms. The van der Waals surface area contributed by atoms with E-state index < -0.39 is 11.8 Å². The first-order valence-electron chi connectivity index (χ1n) is 15.1. The fourth-order valence-corrected chi connectivity index (χ4v) is 4.73. The van der Waals surface area contributed by atoms with Crippen LogP contribution in [0.3, 0.4) is 0 Å². The van der Waals surface area contributed by atoms with Crippen LogP contribution in [0.4, 0.5) is 5.69 Å². The Kier molecular flexibility index (Phi) is 11.2. The van der Waals surface area contributed by atoms with Crippen molar-refractivity contribution >= 4 is 35.4 Å². The zero-order valence-corrected chi connectivity index (χ0v) is 26.5. The van der Waals surface area contributed by atoms with Crippen LogP contribution in [-0.2, 0) is 11.4 Å². The summed E-state index contributed by atoms with van der Waals surface area (Å²) in [5.74, 6) is 0.559. The molecule has 0 aliphatic heterocycles. The number of amides is 2. The molecule has 0 radical (unpaired) electrons. The molecule has 0 aliphatic carbocycles. The standard InChI is InChI=1S/C40H34N2O6/c1-46-37-15-9-14-31(38(37)47-2)20-25-36(43)30-18-21-33(22-19-30)41-40(45)35(42-39(44)32-12-7-4-8-13-32)26-28-16-23-34(24-17-28)48-27-29-10-5-3-6-11-29/h3-26H,27H2,1-2H3,(H,41,45)(H,42,44)/b25-20+,35-26-. The molecular formula is C40H34N2O6. The van der Waals surface area contributed by atoms with E-state index in [-0.39, 0.29) is 11.5 Å². The number of nitrogens with one attached hydrogen (secondary N) is 2. The number of methoxy groups -OCH3 is 2. The fraction of sp³-hybridized carbons (Fsp3) is 0.0750. The van der Waals surface area contributed by atoms with Gasteiger partial charge in [-0.1, -0.05) is 72.8 Å². The molecule has 5 aromatic carbocycles. The zero-order valence-electron chi connectivity index (χ0n) is 26.5. The second kappa shape index (κ2) is 16.2. The topological polar surface area (TPSA) is 103 Å². The molecule has 0 aliphatic rings. The first-order valence-corrected chi connectivity index (χ1v) is 15.1. The molecule has 2 N–H and O–H groups in total. The zero-order chi connectivity index (χ0) is 33.7. The van der Waals surface area contributed by atoms with Crippen LogP contribution in [-0.4, -0.2) is 31.8 Å². The second-order valence-corrected chi connectivity index (χ2v) is 10.5. The minimum absolute atomic E-state index is 0.0390. The summed E-state index contributed by atoms with van der Waals surface area (Å²) in [4.78, 5) is 39.4. The van der Waals surface area contributed by atoms with Gasteiger partial charge in [-0.3, -0.25) is 14.4 Å². The van der Waals surface area contributed by atoms with Crippen molar-refractivity contribution in [2.24, 2.45) is 0 Å². The van der Waals surface area contributed by atoms with Crippen LogP contribution >= 0.6 is 0 Å². The number of carbonyl (C=O) groups is 3. The lowest BCUT2D eigenvalue weighted by atomic mass is 10.1. The molecule has 0 heterocycles. The summed E-state index contributed by atoms with van der Waals surface area (Å²) < 4.78 is 16.6. The molecule has 5 aromatic rings. The molecule has 48 heavy (non-hydrogen) atoms. The van der Waals surface area contributed by atoms with E-state index in [4.69, 9.17) is 14.2 Å². The summed E-state index contributed by atoms with van der Waals surface area (Å²) in [6.07, 6.45) is 4.70. The van der Waals surface area contributed by atoms with E-state index in [1.54, 1.807) is 98.1 Å². The van der Waals surface area contributed by atoms with Gasteiger partial charge in [0, 0.05) is 22.4 Å². The SMILES string of the molecule is COc1cccc(/C=C/C(=O)c2ccc(NC(=O)/C(=C/c3ccc(OCc4ccccc4)cc3)NC(=O)c3ccccc3)cc2)c1OC. The van der Waals surface area contributed by atoms with Crippen LogP contribution in [0.15, 0.2) is 139 Å². The molecule has 240 valence electrons. The molecule has 8 nitrogen and oxygen atoms in total. The molecule has 2 amide bonds. The van der Waals surface area contributed by atoms with Crippen LogP contribution < -0.4 is 24.8 Å². The summed E-state index contributed by atoms with van der Waals surface area (Å²) in [5, 5.41) is 5.55. The Bertz CT molecular complexity index is 1920. The average Bonchev–Trinajstić information content (AvgIpc) is 3.14. The van der Waals surface area contributed by atoms with Gasteiger partial charge in [-0.15, -0.1) is 0 Å². The van der Waals surface area contributed by atoms with Crippen LogP contribution in [0.1, 0.15) is 37.4 Å². The molecule has 0 atom stereocenters. The van der Waals surface area contributed by atoms with Gasteiger partial charge in [0.15, 0.2) is 17.3 Å². The lowest BCUT2D eigenvalue weighted by Crippen LogP contribution is -2.30. The smallest absolute Gasteiger partial charge is 0.272 e. The molecule has 0 saturated heterocycles. The van der Waals surface area contributed by atoms with Crippen molar-refractivity contribution in [1.82, 2.24) is 5.32 Å². The highest BCUT2D eigenvalue weighted by Gasteiger charge is 2.16. The number of ketones is 1. The lowest BCUT2D eigenvalue weighted by molar-refractivity contribution is -0.113. The van der Waals surface area contributed by atoms with Crippen LogP contribution in [0.2, 0.25) is 0 Å². The minimum atomic E-state index is -0.534. The van der Waals surface area contributed by atoms with Crippen LogP contribution in [0.25, 0.3) is 12.2 Å². The van der Waals surface area contributed by atoms with Crippen molar-refractivity contribution in [1.29, 1.82) is 0 Å². The Balaban J connectivity index is 1.29. The van der Waals surface area contributed by atoms with Crippen molar-refractivity contribution < 1.29 is 28.6 Å². The Labute approximate surface area is 279 Å². The number of para-hydroxylation sites is 1. The Morgan fingerprint density at radius 3 is 2.04 bits per heavy atom. The van der Waals surface area contributed by atoms with Gasteiger partial charge in [0.1, 0.15) is 18.1 Å². The molecule has 0 bridgehead atoms. The maximum absolute atomic E-state index is 13.5. The second-order valence-electron chi connectivity index (χ2n) is 10.5. The van der Waals surface area contributed by atoms with Crippen LogP contribution in [0, 0.1) is 0 Å². The molecule has 0 unspecified atom stereocenters. The number of allylic oxidation sites excluding steroid dienone is 1. The normalized spacial score (nSPS) is 11.1. The highest BCUT2D eigenvalue weighted by molar-refractivity contribution is 6.11. The van der Waals surface area contributed by atoms with E-state index in [0.29, 0.717) is 51.8 Å². The van der Waals surface area contributed by atoms with Gasteiger partial charge in [-0.2, -0.15) is 0 Å². The Hall–Kier alpha value is -6.41. The quantitative estimate of drug-likeness (QED) is 0.102. The summed E-state index contributed by atoms with van der Waals surface area (Å²) in [7, 11) is 3.09. The van der Waals surface area contributed by atoms with Crippen molar-refractivity contribution in [2.75, 3.05) is 19.5 Å². The largest absolute Gasteiger partial charge is 0.493 e. The summed E-state index contributed by atoms with van der Waals surface area (Å²) in [6.45, 7) is 0.425. The van der Waals surface area contributed by atoms with Crippen molar-refractivity contribution in [3.63, 3.8) is 0 Å². The van der Waals surface area contributed by atoms with Gasteiger partial charge < -0.3 is 24.8 Å². The third kappa shape index (κ3) is 8.86. The van der Waals surface area contributed by atoms with Gasteiger partial charge in [0.05, 0.1) is 14.2 Å². The number of benzene rings is 5. The predicted octanol–water partition coefficient (Wildman–Crippen LogP) is 7.59. The molecule has 0 saturated carbocycles. The summed E-state index contributed by atoms with van der Waals surface area (Å²) in [6, 6.07) is 37.6. The van der Waals surface area contributed by atoms with Gasteiger partial charge >= 0.3 is 0 Å². The number of ether oxygens (including phenoxy) is 3. The monoisotopic (exact) mass is 638 g/mol. The summed E-state index contributed by atoms with van der Waals surface area (Å²) >= 11 is 0. The third-order valence-electron chi connectivity index (χ3n) is 7.24. The van der Waals surface area contributed by atoms with Crippen molar-refractivity contribution in [2.45, 2.75) is 6.61 Å². The van der Waals surface area contributed by atoms with Crippen molar-refractivity contribution in [3.05, 3.63) is 167 Å². The lowest BCUT2D eigenvalue weighted by Gasteiger charge is -2.12. The highest BCUT2D eigenvalue weighted by atomic mass is 16.5. The van der Waals surface area contributed by atoms with E-state index in [1.165, 1.54) is 13.2 Å². The van der Waals surface area contributed by atoms with Crippen molar-refractivity contribution in [3.8, 4) is 17.2 Å². The Morgan fingerprint density at radius 1 is 0.688 bits per heavy atom. The Morgan fingerprint density at radius 2 is 1.38 bits per heavy atom. The number of rotatable bonds is 13. The molecule has 0 spiro atoms. The fourth-order valence-electron chi connectivity index (χ4n) is 4.73. The number of hydrogen-bond donors (Lipinski definition) is 2. The summed E-state index contributed by atoms with van der Waals surface area (Å²) in [5.41, 5.74) is 3.74. The van der Waals surface area contributed by atoms with Gasteiger partial charge in [0.25, 0.3) is 11.8 Å². The molecule has 0 fully saturated rings. The van der Waals surface area contributed by atoms with E-state index in [1.807, 2.05) is 48.5 Å². The number of carbonyl (C=O) groups excluding carboxylic acids is 3. The predicted molar refractivity (Wildman–Crippen MR) is 187 cm³/mol.